The molecule has 0 saturated heterocycles. The van der Waals surface area contributed by atoms with E-state index >= 15 is 0 Å². The van der Waals surface area contributed by atoms with E-state index in [-0.39, 0.29) is 0 Å². The Morgan fingerprint density at radius 2 is 2.38 bits per heavy atom. The first-order valence-corrected chi connectivity index (χ1v) is 5.34. The van der Waals surface area contributed by atoms with E-state index in [1.807, 2.05) is 16.8 Å². The van der Waals surface area contributed by atoms with Crippen LogP contribution in [0.1, 0.15) is 10.4 Å². The third-order valence-electron chi connectivity index (χ3n) is 1.92. The molecular formula is C9H7IN2O. The zero-order valence-corrected chi connectivity index (χ0v) is 8.93. The maximum absolute atomic E-state index is 10.5. The van der Waals surface area contributed by atoms with Gasteiger partial charge in [-0.1, -0.05) is 22.6 Å². The molecule has 0 saturated carbocycles. The molecule has 3 nitrogen and oxygen atoms in total. The summed E-state index contributed by atoms with van der Waals surface area (Å²) in [5.74, 6) is 0. The molecule has 0 aliphatic rings. The number of nitrogens with zero attached hydrogens (tertiary/aromatic N) is 2. The first-order chi connectivity index (χ1) is 6.35. The highest BCUT2D eigenvalue weighted by atomic mass is 127. The van der Waals surface area contributed by atoms with E-state index in [0.717, 1.165) is 21.7 Å². The van der Waals surface area contributed by atoms with Crippen molar-refractivity contribution in [3.63, 3.8) is 0 Å². The van der Waals surface area contributed by atoms with Crippen molar-refractivity contribution >= 4 is 39.8 Å². The van der Waals surface area contributed by atoms with Gasteiger partial charge in [0.25, 0.3) is 0 Å². The van der Waals surface area contributed by atoms with Crippen molar-refractivity contribution in [2.75, 3.05) is 0 Å². The number of alkyl halides is 1. The van der Waals surface area contributed by atoms with E-state index in [1.54, 1.807) is 12.3 Å². The van der Waals surface area contributed by atoms with Crippen molar-refractivity contribution in [1.82, 2.24) is 9.78 Å². The van der Waals surface area contributed by atoms with Crippen LogP contribution in [0, 0.1) is 0 Å². The highest BCUT2D eigenvalue weighted by Crippen LogP contribution is 2.15. The van der Waals surface area contributed by atoms with Crippen LogP contribution in [0.15, 0.2) is 24.4 Å². The Bertz CT molecular complexity index is 450. The molecule has 0 bridgehead atoms. The van der Waals surface area contributed by atoms with Crippen LogP contribution in [0.2, 0.25) is 0 Å². The number of hydrogen-bond donors (Lipinski definition) is 0. The molecule has 0 N–H and O–H groups in total. The molecule has 66 valence electrons. The number of rotatable bonds is 2. The summed E-state index contributed by atoms with van der Waals surface area (Å²) in [6.45, 7) is 0. The van der Waals surface area contributed by atoms with E-state index in [0.29, 0.717) is 5.56 Å². The van der Waals surface area contributed by atoms with Crippen LogP contribution in [0.25, 0.3) is 10.9 Å². The van der Waals surface area contributed by atoms with Gasteiger partial charge in [0.2, 0.25) is 0 Å². The Balaban J connectivity index is 2.67. The average Bonchev–Trinajstić information content (AvgIpc) is 2.59. The van der Waals surface area contributed by atoms with Crippen LogP contribution < -0.4 is 0 Å². The van der Waals surface area contributed by atoms with Gasteiger partial charge >= 0.3 is 0 Å². The molecule has 0 radical (unpaired) electrons. The summed E-state index contributed by atoms with van der Waals surface area (Å²) in [6, 6.07) is 5.57. The lowest BCUT2D eigenvalue weighted by Gasteiger charge is -1.96. The Labute approximate surface area is 88.9 Å². The summed E-state index contributed by atoms with van der Waals surface area (Å²) in [5, 5.41) is 5.20. The van der Waals surface area contributed by atoms with Gasteiger partial charge in [-0.2, -0.15) is 5.10 Å². The van der Waals surface area contributed by atoms with Gasteiger partial charge < -0.3 is 0 Å². The first-order valence-electron chi connectivity index (χ1n) is 3.82. The van der Waals surface area contributed by atoms with Gasteiger partial charge in [0.15, 0.2) is 0 Å². The lowest BCUT2D eigenvalue weighted by molar-refractivity contribution is 0.112. The number of benzene rings is 1. The Morgan fingerprint density at radius 3 is 3.08 bits per heavy atom. The Hall–Kier alpha value is -0.910. The smallest absolute Gasteiger partial charge is 0.150 e. The second kappa shape index (κ2) is 3.45. The van der Waals surface area contributed by atoms with Gasteiger partial charge in [0.1, 0.15) is 6.29 Å². The van der Waals surface area contributed by atoms with Gasteiger partial charge in [0, 0.05) is 10.9 Å². The lowest BCUT2D eigenvalue weighted by atomic mass is 10.2. The SMILES string of the molecule is O=Cc1ccc2c(cnn2CI)c1. The highest BCUT2D eigenvalue weighted by molar-refractivity contribution is 14.1. The van der Waals surface area contributed by atoms with Crippen LogP contribution >= 0.6 is 22.6 Å². The maximum atomic E-state index is 10.5. The molecule has 4 heteroatoms. The van der Waals surface area contributed by atoms with Crippen LogP contribution in [0.3, 0.4) is 0 Å². The van der Waals surface area contributed by atoms with Crippen molar-refractivity contribution in [1.29, 1.82) is 0 Å². The lowest BCUT2D eigenvalue weighted by Crippen LogP contribution is -1.92. The summed E-state index contributed by atoms with van der Waals surface area (Å²) in [6.07, 6.45) is 2.63. The number of halogens is 1. The summed E-state index contributed by atoms with van der Waals surface area (Å²) in [5.41, 5.74) is 1.76. The van der Waals surface area contributed by atoms with Gasteiger partial charge in [-0.05, 0) is 18.2 Å². The second-order valence-electron chi connectivity index (χ2n) is 2.70. The van der Waals surface area contributed by atoms with Crippen molar-refractivity contribution < 1.29 is 4.79 Å². The van der Waals surface area contributed by atoms with Crippen molar-refractivity contribution in [3.8, 4) is 0 Å². The largest absolute Gasteiger partial charge is 0.298 e. The predicted molar refractivity (Wildman–Crippen MR) is 59.1 cm³/mol. The predicted octanol–water partition coefficient (Wildman–Crippen LogP) is 2.24. The van der Waals surface area contributed by atoms with Gasteiger partial charge in [-0.3, -0.25) is 9.48 Å². The summed E-state index contributed by atoms with van der Waals surface area (Å²) in [7, 11) is 0. The molecule has 0 aliphatic carbocycles. The fourth-order valence-electron chi connectivity index (χ4n) is 1.27. The van der Waals surface area contributed by atoms with Crippen LogP contribution in [-0.4, -0.2) is 16.1 Å². The third kappa shape index (κ3) is 1.46. The average molecular weight is 286 g/mol. The molecule has 0 amide bonds. The first kappa shape index (κ1) is 8.68. The standard InChI is InChI=1S/C9H7IN2O/c10-6-12-9-2-1-7(5-13)3-8(9)4-11-12/h1-5H,6H2. The molecule has 0 spiro atoms. The minimum absolute atomic E-state index is 0.695. The fraction of sp³-hybridized carbons (Fsp3) is 0.111. The summed E-state index contributed by atoms with van der Waals surface area (Å²) >= 11 is 2.25. The number of carbonyl (C=O) groups is 1. The molecular weight excluding hydrogens is 279 g/mol. The summed E-state index contributed by atoms with van der Waals surface area (Å²) < 4.78 is 2.71. The number of aromatic nitrogens is 2. The molecule has 0 fully saturated rings. The molecule has 0 unspecified atom stereocenters. The number of fused-ring (bicyclic) bond motifs is 1. The van der Waals surface area contributed by atoms with Crippen LogP contribution in [0.4, 0.5) is 0 Å². The molecule has 2 rings (SSSR count). The molecule has 2 aromatic rings. The van der Waals surface area contributed by atoms with E-state index in [9.17, 15) is 4.79 Å². The quantitative estimate of drug-likeness (QED) is 0.482. The molecule has 1 aromatic heterocycles. The minimum atomic E-state index is 0.695. The number of aldehydes is 1. The van der Waals surface area contributed by atoms with Crippen molar-refractivity contribution in [3.05, 3.63) is 30.0 Å². The zero-order chi connectivity index (χ0) is 9.26. The minimum Gasteiger partial charge on any atom is -0.298 e. The second-order valence-corrected chi connectivity index (χ2v) is 3.38. The summed E-state index contributed by atoms with van der Waals surface area (Å²) in [4.78, 5) is 10.5. The Kier molecular flexibility index (Phi) is 2.30. The third-order valence-corrected chi connectivity index (χ3v) is 2.56. The van der Waals surface area contributed by atoms with Crippen molar-refractivity contribution in [2.24, 2.45) is 0 Å². The molecule has 1 aromatic carbocycles. The molecule has 13 heavy (non-hydrogen) atoms. The number of hydrogen-bond acceptors (Lipinski definition) is 2. The van der Waals surface area contributed by atoms with Crippen LogP contribution in [0.5, 0.6) is 0 Å². The normalized spacial score (nSPS) is 10.5. The molecule has 1 heterocycles. The zero-order valence-electron chi connectivity index (χ0n) is 6.77. The van der Waals surface area contributed by atoms with E-state index < -0.39 is 0 Å². The number of carbonyl (C=O) groups excluding carboxylic acids is 1. The van der Waals surface area contributed by atoms with Crippen LogP contribution in [-0.2, 0) is 4.55 Å². The van der Waals surface area contributed by atoms with E-state index in [1.165, 1.54) is 0 Å². The topological polar surface area (TPSA) is 34.9 Å². The Morgan fingerprint density at radius 1 is 1.54 bits per heavy atom. The maximum Gasteiger partial charge on any atom is 0.150 e. The van der Waals surface area contributed by atoms with Crippen molar-refractivity contribution in [2.45, 2.75) is 4.55 Å². The van der Waals surface area contributed by atoms with Gasteiger partial charge in [0.05, 0.1) is 16.3 Å². The molecule has 0 aliphatic heterocycles. The molecule has 0 atom stereocenters. The van der Waals surface area contributed by atoms with Gasteiger partial charge in [-0.25, -0.2) is 0 Å². The fourth-order valence-corrected chi connectivity index (χ4v) is 1.82. The van der Waals surface area contributed by atoms with E-state index in [2.05, 4.69) is 27.7 Å². The monoisotopic (exact) mass is 286 g/mol. The highest BCUT2D eigenvalue weighted by Gasteiger charge is 2.01. The van der Waals surface area contributed by atoms with Gasteiger partial charge in [-0.15, -0.1) is 0 Å². The van der Waals surface area contributed by atoms with E-state index in [4.69, 9.17) is 0 Å².